The van der Waals surface area contributed by atoms with Gasteiger partial charge in [0.05, 0.1) is 6.61 Å². The van der Waals surface area contributed by atoms with Crippen molar-refractivity contribution in [2.24, 2.45) is 5.92 Å². The molecular weight excluding hydrogens is 398 g/mol. The van der Waals surface area contributed by atoms with E-state index >= 15 is 0 Å². The Morgan fingerprint density at radius 2 is 1.38 bits per heavy atom. The van der Waals surface area contributed by atoms with Gasteiger partial charge in [0.25, 0.3) is 0 Å². The van der Waals surface area contributed by atoms with Crippen molar-refractivity contribution >= 4 is 5.97 Å². The third-order valence-corrected chi connectivity index (χ3v) is 5.54. The van der Waals surface area contributed by atoms with Crippen LogP contribution in [0.4, 0.5) is 0 Å². The molecule has 0 bridgehead atoms. The summed E-state index contributed by atoms with van der Waals surface area (Å²) < 4.78 is 5.58. The number of likely N-dealkylation sites (N-methyl/N-ethyl adjacent to an activating group) is 1. The average molecular weight is 458 g/mol. The summed E-state index contributed by atoms with van der Waals surface area (Å²) in [4.78, 5) is 14.2. The maximum absolute atomic E-state index is 11.9. The minimum atomic E-state index is 0.0172. The molecule has 2 unspecified atom stereocenters. The Morgan fingerprint density at radius 1 is 0.812 bits per heavy atom. The van der Waals surface area contributed by atoms with E-state index in [2.05, 4.69) is 46.4 Å². The van der Waals surface area contributed by atoms with E-state index < -0.39 is 0 Å². The molecule has 4 heteroatoms. The van der Waals surface area contributed by atoms with Crippen molar-refractivity contribution in [1.82, 2.24) is 4.90 Å². The Kier molecular flexibility index (Phi) is 27.9. The van der Waals surface area contributed by atoms with Gasteiger partial charge in [-0.3, -0.25) is 4.79 Å². The highest BCUT2D eigenvalue weighted by molar-refractivity contribution is 5.69. The molecule has 0 aromatic carbocycles. The molecule has 194 valence electrons. The number of unbranched alkanes of at least 4 members (excludes halogenated alkanes) is 8. The molecule has 4 nitrogen and oxygen atoms in total. The lowest BCUT2D eigenvalue weighted by atomic mass is 10.1. The van der Waals surface area contributed by atoms with Crippen LogP contribution in [-0.2, 0) is 9.53 Å². The molecule has 2 atom stereocenters. The molecule has 0 aromatic heterocycles. The van der Waals surface area contributed by atoms with Gasteiger partial charge in [-0.15, -0.1) is 0 Å². The van der Waals surface area contributed by atoms with Crippen LogP contribution < -0.4 is 0 Å². The third kappa shape index (κ3) is 24.0. The molecule has 1 N–H and O–H groups in total. The summed E-state index contributed by atoms with van der Waals surface area (Å²) in [7, 11) is 0. The molecule has 0 heterocycles. The number of rotatable bonds is 18. The zero-order valence-electron chi connectivity index (χ0n) is 22.8. The average Bonchev–Trinajstić information content (AvgIpc) is 3.50. The summed E-state index contributed by atoms with van der Waals surface area (Å²) >= 11 is 0. The van der Waals surface area contributed by atoms with Crippen LogP contribution in [0, 0.1) is 5.92 Å². The van der Waals surface area contributed by atoms with E-state index in [1.807, 2.05) is 0 Å². The zero-order chi connectivity index (χ0) is 24.5. The van der Waals surface area contributed by atoms with Crippen molar-refractivity contribution in [1.29, 1.82) is 0 Å². The van der Waals surface area contributed by atoms with Gasteiger partial charge in [-0.1, -0.05) is 106 Å². The van der Waals surface area contributed by atoms with Crippen LogP contribution in [-0.4, -0.2) is 48.3 Å². The summed E-state index contributed by atoms with van der Waals surface area (Å²) in [5.41, 5.74) is 0. The molecule has 1 saturated carbocycles. The minimum Gasteiger partial charge on any atom is -0.462 e. The summed E-state index contributed by atoms with van der Waals surface area (Å²) in [6, 6.07) is 0. The van der Waals surface area contributed by atoms with Crippen molar-refractivity contribution in [3.63, 3.8) is 0 Å². The topological polar surface area (TPSA) is 49.8 Å². The van der Waals surface area contributed by atoms with Gasteiger partial charge in [-0.05, 0) is 44.7 Å². The number of esters is 1. The Bertz CT molecular complexity index is 374. The fourth-order valence-corrected chi connectivity index (χ4v) is 3.61. The van der Waals surface area contributed by atoms with Gasteiger partial charge in [0.2, 0.25) is 0 Å². The second-order valence-electron chi connectivity index (χ2n) is 9.32. The standard InChI is InChI=1S/C22H43NO3.2C3H8/c1-3-5-6-8-11-14-20-19-21(20)26-22(25)15-12-9-7-10-13-16-23(4-2)17-18-24;2*1-3-2/h20-21,24H,3-19H2,1-2H3;2*3H2,1-2H3. The van der Waals surface area contributed by atoms with Gasteiger partial charge in [0, 0.05) is 13.0 Å². The van der Waals surface area contributed by atoms with Gasteiger partial charge < -0.3 is 14.7 Å². The molecule has 1 aliphatic rings. The molecular formula is C28H59NO3. The molecule has 1 aliphatic carbocycles. The highest BCUT2D eigenvalue weighted by Gasteiger charge is 2.39. The van der Waals surface area contributed by atoms with Gasteiger partial charge >= 0.3 is 5.97 Å². The smallest absolute Gasteiger partial charge is 0.306 e. The normalized spacial score (nSPS) is 16.6. The fraction of sp³-hybridized carbons (Fsp3) is 0.964. The van der Waals surface area contributed by atoms with E-state index in [4.69, 9.17) is 9.84 Å². The monoisotopic (exact) mass is 457 g/mol. The molecule has 0 saturated heterocycles. The molecule has 1 fully saturated rings. The van der Waals surface area contributed by atoms with Gasteiger partial charge in [0.1, 0.15) is 6.10 Å². The van der Waals surface area contributed by atoms with Crippen LogP contribution in [0.25, 0.3) is 0 Å². The molecule has 32 heavy (non-hydrogen) atoms. The first kappa shape index (κ1) is 33.6. The quantitative estimate of drug-likeness (QED) is 0.169. The zero-order valence-corrected chi connectivity index (χ0v) is 22.8. The predicted molar refractivity (Wildman–Crippen MR) is 140 cm³/mol. The summed E-state index contributed by atoms with van der Waals surface area (Å²) in [6.07, 6.45) is 18.0. The number of aliphatic hydroxyl groups is 1. The first-order chi connectivity index (χ1) is 15.5. The summed E-state index contributed by atoms with van der Waals surface area (Å²) in [5.74, 6) is 0.671. The van der Waals surface area contributed by atoms with Crippen molar-refractivity contribution < 1.29 is 14.6 Å². The van der Waals surface area contributed by atoms with Crippen LogP contribution in [0.1, 0.15) is 138 Å². The number of carbonyl (C=O) groups is 1. The van der Waals surface area contributed by atoms with Crippen LogP contribution >= 0.6 is 0 Å². The van der Waals surface area contributed by atoms with Crippen molar-refractivity contribution in [3.05, 3.63) is 0 Å². The Balaban J connectivity index is 0. The van der Waals surface area contributed by atoms with E-state index in [0.717, 1.165) is 38.9 Å². The van der Waals surface area contributed by atoms with Crippen LogP contribution in [0.15, 0.2) is 0 Å². The lowest BCUT2D eigenvalue weighted by Crippen LogP contribution is -2.27. The van der Waals surface area contributed by atoms with E-state index in [1.54, 1.807) is 0 Å². The number of nitrogens with zero attached hydrogens (tertiary/aromatic N) is 1. The van der Waals surface area contributed by atoms with E-state index in [9.17, 15) is 4.79 Å². The van der Waals surface area contributed by atoms with E-state index in [1.165, 1.54) is 70.6 Å². The Hall–Kier alpha value is -0.610. The maximum atomic E-state index is 11.9. The Labute approximate surface area is 201 Å². The number of carbonyl (C=O) groups excluding carboxylic acids is 1. The number of aliphatic hydroxyl groups excluding tert-OH is 1. The minimum absolute atomic E-state index is 0.0172. The highest BCUT2D eigenvalue weighted by Crippen LogP contribution is 2.38. The van der Waals surface area contributed by atoms with Crippen LogP contribution in [0.5, 0.6) is 0 Å². The lowest BCUT2D eigenvalue weighted by Gasteiger charge is -2.18. The molecule has 0 amide bonds. The van der Waals surface area contributed by atoms with E-state index in [0.29, 0.717) is 12.3 Å². The lowest BCUT2D eigenvalue weighted by molar-refractivity contribution is -0.145. The van der Waals surface area contributed by atoms with Crippen LogP contribution in [0.2, 0.25) is 0 Å². The first-order valence-corrected chi connectivity index (χ1v) is 14.1. The molecule has 0 aliphatic heterocycles. The van der Waals surface area contributed by atoms with Crippen molar-refractivity contribution in [2.75, 3.05) is 26.2 Å². The van der Waals surface area contributed by atoms with Crippen molar-refractivity contribution in [3.8, 4) is 0 Å². The molecule has 0 aromatic rings. The van der Waals surface area contributed by atoms with Gasteiger partial charge in [0.15, 0.2) is 0 Å². The van der Waals surface area contributed by atoms with Crippen LogP contribution in [0.3, 0.4) is 0 Å². The van der Waals surface area contributed by atoms with E-state index in [-0.39, 0.29) is 18.7 Å². The highest BCUT2D eigenvalue weighted by atomic mass is 16.5. The Morgan fingerprint density at radius 3 is 1.97 bits per heavy atom. The largest absolute Gasteiger partial charge is 0.462 e. The summed E-state index contributed by atoms with van der Waals surface area (Å²) in [6.45, 7) is 16.0. The summed E-state index contributed by atoms with van der Waals surface area (Å²) in [5, 5.41) is 8.96. The second-order valence-corrected chi connectivity index (χ2v) is 9.32. The maximum Gasteiger partial charge on any atom is 0.306 e. The van der Waals surface area contributed by atoms with Gasteiger partial charge in [-0.2, -0.15) is 0 Å². The first-order valence-electron chi connectivity index (χ1n) is 14.1. The molecule has 0 radical (unpaired) electrons. The number of hydrogen-bond donors (Lipinski definition) is 1. The number of hydrogen-bond acceptors (Lipinski definition) is 4. The fourth-order valence-electron chi connectivity index (χ4n) is 3.61. The molecule has 0 spiro atoms. The second kappa shape index (κ2) is 26.6. The molecule has 1 rings (SSSR count). The third-order valence-electron chi connectivity index (χ3n) is 5.54. The van der Waals surface area contributed by atoms with Crippen molar-refractivity contribution in [2.45, 2.75) is 144 Å². The van der Waals surface area contributed by atoms with Gasteiger partial charge in [-0.25, -0.2) is 0 Å². The number of ether oxygens (including phenoxy) is 1. The SMILES string of the molecule is CCC.CCC.CCCCCCCC1CC1OC(=O)CCCCCCCN(CC)CCO. The predicted octanol–water partition coefficient (Wildman–Crippen LogP) is 7.77.